The zero-order valence-electron chi connectivity index (χ0n) is 56.7. The van der Waals surface area contributed by atoms with Crippen LogP contribution in [-0.2, 0) is 64.1 Å². The van der Waals surface area contributed by atoms with Gasteiger partial charge in [-0.05, 0) is 93.9 Å². The van der Waals surface area contributed by atoms with Gasteiger partial charge in [-0.3, -0.25) is 52.7 Å². The molecule has 1 aromatic carbocycles. The highest BCUT2D eigenvalue weighted by Crippen LogP contribution is 2.25. The summed E-state index contributed by atoms with van der Waals surface area (Å²) in [6.07, 6.45) is -0.288. The number of hydrogen-bond donors (Lipinski definition) is 4. The fourth-order valence-electron chi connectivity index (χ4n) is 10.9. The van der Waals surface area contributed by atoms with E-state index in [4.69, 9.17) is 4.74 Å². The number of hydrogen-bond acceptors (Lipinski definition) is 12. The van der Waals surface area contributed by atoms with Crippen molar-refractivity contribution in [3.63, 3.8) is 0 Å². The highest BCUT2D eigenvalue weighted by molar-refractivity contribution is 5.99. The van der Waals surface area contributed by atoms with Crippen LogP contribution < -0.4 is 21.3 Å². The van der Waals surface area contributed by atoms with E-state index in [1.807, 2.05) is 85.7 Å². The molecule has 11 atom stereocenters. The van der Waals surface area contributed by atoms with Crippen LogP contribution in [0.1, 0.15) is 148 Å². The molecule has 492 valence electrons. The second-order valence-corrected chi connectivity index (χ2v) is 26.3. The molecule has 23 nitrogen and oxygen atoms in total. The summed E-state index contributed by atoms with van der Waals surface area (Å²) in [6.45, 7) is 27.7. The lowest BCUT2D eigenvalue weighted by molar-refractivity contribution is -0.157. The SMILES string of the molecule is CC[C@@H]1NC(=O)[C@H]([C@@H](C)OCc2ccccc2)N(C)C(=O)[C@H](C(C)C)N(C)C(=O)[C@H](CC(C)C)N(C)C(=O)[C@H](CC(C)C)N(C)C(=O)[C@@H](C)NC(=O)[C@H](C)NC(=O)[C@H](CC(C)C)N(C)C(=O)[C@H](C(C)C)NC(=O)[C@H](CC(C)C)N(C)C(=O)CN(C)C1=O. The van der Waals surface area contributed by atoms with Gasteiger partial charge in [0.25, 0.3) is 0 Å². The first-order valence-electron chi connectivity index (χ1n) is 31.0. The molecule has 1 heterocycles. The van der Waals surface area contributed by atoms with Crippen LogP contribution in [0.25, 0.3) is 0 Å². The van der Waals surface area contributed by atoms with Crippen LogP contribution in [0, 0.1) is 35.5 Å². The summed E-state index contributed by atoms with van der Waals surface area (Å²) in [5.41, 5.74) is 0.785. The minimum absolute atomic E-state index is 0.0511. The van der Waals surface area contributed by atoms with Gasteiger partial charge < -0.3 is 60.3 Å². The van der Waals surface area contributed by atoms with E-state index >= 15 is 9.59 Å². The molecule has 11 amide bonds. The average Bonchev–Trinajstić information content (AvgIpc) is 1.99. The Labute approximate surface area is 519 Å². The number of nitrogens with one attached hydrogen (secondary N) is 4. The van der Waals surface area contributed by atoms with Crippen LogP contribution in [0.5, 0.6) is 0 Å². The third-order valence-electron chi connectivity index (χ3n) is 16.2. The number of nitrogens with zero attached hydrogens (tertiary/aromatic N) is 7. The summed E-state index contributed by atoms with van der Waals surface area (Å²) in [4.78, 5) is 169. The zero-order chi connectivity index (χ0) is 66.8. The van der Waals surface area contributed by atoms with Gasteiger partial charge in [0, 0.05) is 49.3 Å². The third kappa shape index (κ3) is 21.6. The summed E-state index contributed by atoms with van der Waals surface area (Å²) in [5, 5.41) is 11.1. The first kappa shape index (κ1) is 76.4. The van der Waals surface area contributed by atoms with Crippen LogP contribution in [0.15, 0.2) is 30.3 Å². The largest absolute Gasteiger partial charge is 0.371 e. The van der Waals surface area contributed by atoms with Crippen LogP contribution in [0.4, 0.5) is 0 Å². The van der Waals surface area contributed by atoms with Gasteiger partial charge in [0.2, 0.25) is 65.0 Å². The molecule has 87 heavy (non-hydrogen) atoms. The molecule has 0 bridgehead atoms. The summed E-state index contributed by atoms with van der Waals surface area (Å²) in [6, 6.07) is -2.75. The number of carbonyl (C=O) groups excluding carboxylic acids is 11. The van der Waals surface area contributed by atoms with E-state index in [1.165, 1.54) is 92.6 Å². The van der Waals surface area contributed by atoms with E-state index in [0.717, 1.165) is 10.5 Å². The third-order valence-corrected chi connectivity index (χ3v) is 16.2. The Morgan fingerprint density at radius 2 is 0.862 bits per heavy atom. The smallest absolute Gasteiger partial charge is 0.246 e. The molecular weight excluding hydrogens is 1110 g/mol. The number of carbonyl (C=O) groups is 11. The number of rotatable bonds is 15. The molecule has 1 saturated heterocycles. The van der Waals surface area contributed by atoms with Crippen molar-refractivity contribution in [1.29, 1.82) is 0 Å². The molecule has 1 aromatic rings. The fraction of sp³-hybridized carbons (Fsp3) is 0.734. The van der Waals surface area contributed by atoms with Crippen molar-refractivity contribution >= 4 is 65.0 Å². The van der Waals surface area contributed by atoms with Crippen molar-refractivity contribution in [2.24, 2.45) is 35.5 Å². The summed E-state index contributed by atoms with van der Waals surface area (Å²) < 4.78 is 6.32. The van der Waals surface area contributed by atoms with Crippen molar-refractivity contribution in [2.45, 2.75) is 216 Å². The molecule has 23 heteroatoms. The Bertz CT molecular complexity index is 2510. The van der Waals surface area contributed by atoms with Gasteiger partial charge in [-0.15, -0.1) is 0 Å². The van der Waals surface area contributed by atoms with Gasteiger partial charge >= 0.3 is 0 Å². The maximum absolute atomic E-state index is 15.2. The summed E-state index contributed by atoms with van der Waals surface area (Å²) in [7, 11) is 10.1. The molecular formula is C64H109N11O12. The normalized spacial score (nSPS) is 26.0. The number of likely N-dealkylation sites (N-methyl/N-ethyl adjacent to an activating group) is 7. The van der Waals surface area contributed by atoms with Crippen molar-refractivity contribution in [1.82, 2.24) is 55.6 Å². The second kappa shape index (κ2) is 34.8. The van der Waals surface area contributed by atoms with Gasteiger partial charge in [-0.25, -0.2) is 0 Å². The predicted molar refractivity (Wildman–Crippen MR) is 335 cm³/mol. The highest BCUT2D eigenvalue weighted by Gasteiger charge is 2.45. The first-order valence-corrected chi connectivity index (χ1v) is 31.0. The highest BCUT2D eigenvalue weighted by atomic mass is 16.5. The van der Waals surface area contributed by atoms with Crippen LogP contribution in [0.3, 0.4) is 0 Å². The van der Waals surface area contributed by atoms with Crippen LogP contribution in [0.2, 0.25) is 0 Å². The van der Waals surface area contributed by atoms with E-state index < -0.39 is 150 Å². The molecule has 1 aliphatic rings. The molecule has 2 rings (SSSR count). The van der Waals surface area contributed by atoms with E-state index in [1.54, 1.807) is 41.5 Å². The Kier molecular flexibility index (Phi) is 30.6. The summed E-state index contributed by atoms with van der Waals surface area (Å²) in [5.74, 6) is -8.69. The number of amides is 11. The number of ether oxygens (including phenoxy) is 1. The lowest BCUT2D eigenvalue weighted by atomic mass is 9.95. The van der Waals surface area contributed by atoms with Crippen molar-refractivity contribution in [2.75, 3.05) is 55.9 Å². The van der Waals surface area contributed by atoms with E-state index in [-0.39, 0.29) is 62.4 Å². The summed E-state index contributed by atoms with van der Waals surface area (Å²) >= 11 is 0. The average molecular weight is 1220 g/mol. The minimum Gasteiger partial charge on any atom is -0.371 e. The molecule has 0 aromatic heterocycles. The first-order chi connectivity index (χ1) is 40.3. The monoisotopic (exact) mass is 1220 g/mol. The van der Waals surface area contributed by atoms with Crippen molar-refractivity contribution in [3.8, 4) is 0 Å². The molecule has 0 saturated carbocycles. The Morgan fingerprint density at radius 1 is 0.437 bits per heavy atom. The van der Waals surface area contributed by atoms with E-state index in [9.17, 15) is 43.2 Å². The van der Waals surface area contributed by atoms with Crippen molar-refractivity contribution in [3.05, 3.63) is 35.9 Å². The predicted octanol–water partition coefficient (Wildman–Crippen LogP) is 3.91. The lowest BCUT2D eigenvalue weighted by Gasteiger charge is -2.41. The van der Waals surface area contributed by atoms with Crippen LogP contribution >= 0.6 is 0 Å². The maximum Gasteiger partial charge on any atom is 0.246 e. The topological polar surface area (TPSA) is 268 Å². The van der Waals surface area contributed by atoms with Crippen LogP contribution in [-0.4, -0.2) is 222 Å². The molecule has 0 unspecified atom stereocenters. The quantitative estimate of drug-likeness (QED) is 0.195. The molecule has 1 fully saturated rings. The van der Waals surface area contributed by atoms with Gasteiger partial charge in [0.15, 0.2) is 0 Å². The van der Waals surface area contributed by atoms with Gasteiger partial charge in [-0.2, -0.15) is 0 Å². The lowest BCUT2D eigenvalue weighted by Crippen LogP contribution is -2.63. The second-order valence-electron chi connectivity index (χ2n) is 26.3. The van der Waals surface area contributed by atoms with Crippen molar-refractivity contribution < 1.29 is 57.5 Å². The van der Waals surface area contributed by atoms with E-state index in [2.05, 4.69) is 21.3 Å². The standard InChI is InChI=1S/C64H109N11O12/c1-24-46-60(82)69(17)34-51(76)70(18)47(30-36(2)3)57(79)68-52(40(10)11)63(85)71(19)48(31-37(4)5)56(78)65-42(14)55(77)66-43(15)59(81)72(20)49(32-38(6)7)61(83)73(21)50(33-39(8)9)62(84)74(22)53(41(12)13)64(86)75(23)54(58(80)67-46)44(16)87-35-45-28-26-25-27-29-45/h25-29,36-44,46-50,52-54H,24,30-35H2,1-23H3,(H,65,78)(H,66,77)(H,67,80)(H,68,79)/t42-,43+,44+,46-,47-,48-,49-,50-,52-,53-,54-/m0/s1. The fourth-order valence-corrected chi connectivity index (χ4v) is 10.9. The van der Waals surface area contributed by atoms with Gasteiger partial charge in [-0.1, -0.05) is 120 Å². The molecule has 0 aliphatic carbocycles. The molecule has 0 spiro atoms. The molecule has 1 aliphatic heterocycles. The molecule has 0 radical (unpaired) electrons. The molecule has 4 N–H and O–H groups in total. The number of benzene rings is 1. The van der Waals surface area contributed by atoms with Gasteiger partial charge in [0.05, 0.1) is 19.3 Å². The Hall–Kier alpha value is -6.65. The maximum atomic E-state index is 15.2. The Morgan fingerprint density at radius 3 is 1.33 bits per heavy atom. The minimum atomic E-state index is -1.39. The zero-order valence-corrected chi connectivity index (χ0v) is 56.7. The van der Waals surface area contributed by atoms with E-state index in [0.29, 0.717) is 0 Å². The van der Waals surface area contributed by atoms with Gasteiger partial charge in [0.1, 0.15) is 60.4 Å². The Balaban J connectivity index is 2.96.